The summed E-state index contributed by atoms with van der Waals surface area (Å²) in [6.45, 7) is 0. The lowest BCUT2D eigenvalue weighted by Gasteiger charge is -2.12. The largest absolute Gasteiger partial charge is 0.330 e. The van der Waals surface area contributed by atoms with E-state index in [4.69, 9.17) is 47.0 Å². The lowest BCUT2D eigenvalue weighted by molar-refractivity contribution is 0.0978. The van der Waals surface area contributed by atoms with Crippen molar-refractivity contribution in [1.82, 2.24) is 14.1 Å². The summed E-state index contributed by atoms with van der Waals surface area (Å²) in [5, 5.41) is 6.38. The monoisotopic (exact) mass is 416 g/mol. The van der Waals surface area contributed by atoms with Crippen LogP contribution in [0.25, 0.3) is 11.0 Å². The highest BCUT2D eigenvalue weighted by molar-refractivity contribution is 7.80. The summed E-state index contributed by atoms with van der Waals surface area (Å²) >= 11 is 24.2. The molecule has 10 heteroatoms. The molecule has 0 saturated heterocycles. The van der Waals surface area contributed by atoms with Gasteiger partial charge in [0.25, 0.3) is 5.91 Å². The maximum absolute atomic E-state index is 12.3. The third kappa shape index (κ3) is 3.76. The minimum atomic E-state index is -0.386. The summed E-state index contributed by atoms with van der Waals surface area (Å²) < 4.78 is 8.18. The summed E-state index contributed by atoms with van der Waals surface area (Å²) in [4.78, 5) is 12.3. The van der Waals surface area contributed by atoms with E-state index < -0.39 is 0 Å². The molecule has 0 spiro atoms. The molecule has 0 saturated carbocycles. The number of nitrogens with zero attached hydrogens (tertiary/aromatic N) is 2. The average Bonchev–Trinajstić information content (AvgIpc) is 2.98. The van der Waals surface area contributed by atoms with Crippen LogP contribution < -0.4 is 10.6 Å². The van der Waals surface area contributed by atoms with Crippen LogP contribution in [0.5, 0.6) is 0 Å². The number of amides is 1. The summed E-state index contributed by atoms with van der Waals surface area (Å²) in [7, 11) is 0. The number of fused-ring (bicyclic) bond motifs is 1. The maximum Gasteiger partial charge on any atom is 0.257 e. The third-order valence-electron chi connectivity index (χ3n) is 2.99. The Hall–Kier alpha value is -1.51. The number of nitrogens with one attached hydrogen (secondary N) is 2. The number of aromatic nitrogens is 2. The minimum Gasteiger partial charge on any atom is -0.330 e. The summed E-state index contributed by atoms with van der Waals surface area (Å²) in [6.07, 6.45) is 0. The van der Waals surface area contributed by atoms with Gasteiger partial charge >= 0.3 is 0 Å². The van der Waals surface area contributed by atoms with Gasteiger partial charge in [-0.25, -0.2) is 0 Å². The van der Waals surface area contributed by atoms with E-state index in [1.165, 1.54) is 12.1 Å². The van der Waals surface area contributed by atoms with Crippen LogP contribution in [0.3, 0.4) is 0 Å². The molecule has 24 heavy (non-hydrogen) atoms. The van der Waals surface area contributed by atoms with Crippen LogP contribution in [0.4, 0.5) is 5.69 Å². The molecule has 0 atom stereocenters. The Morgan fingerprint density at radius 3 is 2.42 bits per heavy atom. The molecule has 2 N–H and O–H groups in total. The molecule has 122 valence electrons. The zero-order valence-corrected chi connectivity index (χ0v) is 15.5. The first kappa shape index (κ1) is 17.3. The highest BCUT2D eigenvalue weighted by Crippen LogP contribution is 2.33. The van der Waals surface area contributed by atoms with Crippen molar-refractivity contribution in [3.63, 3.8) is 0 Å². The van der Waals surface area contributed by atoms with E-state index >= 15 is 0 Å². The Labute approximate surface area is 161 Å². The van der Waals surface area contributed by atoms with E-state index in [9.17, 15) is 4.79 Å². The first-order valence-corrected chi connectivity index (χ1v) is 8.70. The smallest absolute Gasteiger partial charge is 0.257 e. The van der Waals surface area contributed by atoms with E-state index in [0.717, 1.165) is 17.2 Å². The Bertz CT molecular complexity index is 937. The summed E-state index contributed by atoms with van der Waals surface area (Å²) in [6, 6.07) is 8.04. The number of thiocarbonyl (C=S) groups is 1. The van der Waals surface area contributed by atoms with Gasteiger partial charge in [-0.05, 0) is 42.5 Å². The number of anilines is 1. The highest BCUT2D eigenvalue weighted by atomic mass is 35.5. The first-order valence-electron chi connectivity index (χ1n) is 6.43. The van der Waals surface area contributed by atoms with Crippen molar-refractivity contribution in [1.29, 1.82) is 0 Å². The van der Waals surface area contributed by atoms with Crippen molar-refractivity contribution in [2.75, 3.05) is 5.32 Å². The third-order valence-corrected chi connectivity index (χ3v) is 4.56. The summed E-state index contributed by atoms with van der Waals surface area (Å²) in [5.74, 6) is -0.386. The first-order chi connectivity index (χ1) is 11.4. The lowest BCUT2D eigenvalue weighted by atomic mass is 10.2. The predicted molar refractivity (Wildman–Crippen MR) is 103 cm³/mol. The van der Waals surface area contributed by atoms with E-state index in [1.54, 1.807) is 18.2 Å². The van der Waals surface area contributed by atoms with Gasteiger partial charge in [0.1, 0.15) is 11.0 Å². The molecule has 0 unspecified atom stereocenters. The number of halogens is 3. The number of hydrogen-bond acceptors (Lipinski definition) is 5. The van der Waals surface area contributed by atoms with Crippen molar-refractivity contribution in [2.24, 2.45) is 0 Å². The van der Waals surface area contributed by atoms with Crippen molar-refractivity contribution >= 4 is 86.5 Å². The fourth-order valence-electron chi connectivity index (χ4n) is 1.91. The van der Waals surface area contributed by atoms with Crippen molar-refractivity contribution in [3.05, 3.63) is 51.0 Å². The number of hydrogen-bond donors (Lipinski definition) is 2. The Kier molecular flexibility index (Phi) is 5.17. The molecule has 3 rings (SSSR count). The quantitative estimate of drug-likeness (QED) is 0.587. The maximum atomic E-state index is 12.3. The Morgan fingerprint density at radius 1 is 1.04 bits per heavy atom. The molecule has 0 fully saturated rings. The topological polar surface area (TPSA) is 66.9 Å². The average molecular weight is 418 g/mol. The van der Waals surface area contributed by atoms with E-state index in [2.05, 4.69) is 19.4 Å². The molecule has 0 aliphatic rings. The van der Waals surface area contributed by atoms with Crippen LogP contribution in [-0.2, 0) is 0 Å². The highest BCUT2D eigenvalue weighted by Gasteiger charge is 2.13. The zero-order valence-electron chi connectivity index (χ0n) is 11.6. The Balaban J connectivity index is 1.73. The second-order valence-corrected chi connectivity index (χ2v) is 6.81. The number of rotatable bonds is 2. The van der Waals surface area contributed by atoms with Gasteiger partial charge in [-0.1, -0.05) is 34.8 Å². The summed E-state index contributed by atoms with van der Waals surface area (Å²) in [5.41, 5.74) is 2.16. The van der Waals surface area contributed by atoms with Crippen LogP contribution in [0.15, 0.2) is 30.3 Å². The van der Waals surface area contributed by atoms with Crippen LogP contribution in [-0.4, -0.2) is 19.8 Å². The van der Waals surface area contributed by atoms with Gasteiger partial charge in [-0.2, -0.15) is 8.75 Å². The van der Waals surface area contributed by atoms with Crippen molar-refractivity contribution in [3.8, 4) is 0 Å². The molecule has 1 heterocycles. The van der Waals surface area contributed by atoms with Gasteiger partial charge in [-0.15, -0.1) is 0 Å². The van der Waals surface area contributed by atoms with Gasteiger partial charge in [0, 0.05) is 10.6 Å². The Morgan fingerprint density at radius 2 is 1.71 bits per heavy atom. The molecule has 0 bridgehead atoms. The van der Waals surface area contributed by atoms with Gasteiger partial charge < -0.3 is 5.32 Å². The molecule has 2 aromatic carbocycles. The number of benzene rings is 2. The molecule has 3 aromatic rings. The minimum absolute atomic E-state index is 0.0580. The standard InChI is InChI=1S/C14H7Cl3N4OS2/c15-7-4-8(16)12(9(17)5-7)18-14(23)19-13(22)6-1-2-10-11(3-6)21-24-20-10/h1-5H,(H2,18,19,22,23). The molecule has 1 aromatic heterocycles. The van der Waals surface area contributed by atoms with Crippen LogP contribution in [0.1, 0.15) is 10.4 Å². The lowest BCUT2D eigenvalue weighted by Crippen LogP contribution is -2.34. The molecule has 5 nitrogen and oxygen atoms in total. The SMILES string of the molecule is O=C(NC(=S)Nc1c(Cl)cc(Cl)cc1Cl)c1ccc2nsnc2c1. The van der Waals surface area contributed by atoms with E-state index in [1.807, 2.05) is 0 Å². The van der Waals surface area contributed by atoms with Gasteiger partial charge in [0.15, 0.2) is 5.11 Å². The normalized spacial score (nSPS) is 10.6. The van der Waals surface area contributed by atoms with Gasteiger partial charge in [0.05, 0.1) is 27.5 Å². The van der Waals surface area contributed by atoms with Gasteiger partial charge in [0.2, 0.25) is 0 Å². The number of carbonyl (C=O) groups excluding carboxylic acids is 1. The van der Waals surface area contributed by atoms with E-state index in [-0.39, 0.29) is 11.0 Å². The molecule has 1 amide bonds. The number of carbonyl (C=O) groups is 1. The molecule has 0 aliphatic carbocycles. The molecular weight excluding hydrogens is 411 g/mol. The fraction of sp³-hybridized carbons (Fsp3) is 0. The molecule has 0 aliphatic heterocycles. The van der Waals surface area contributed by atoms with Gasteiger partial charge in [-0.3, -0.25) is 10.1 Å². The van der Waals surface area contributed by atoms with Crippen molar-refractivity contribution in [2.45, 2.75) is 0 Å². The second-order valence-electron chi connectivity index (χ2n) is 4.62. The fourth-order valence-corrected chi connectivity index (χ4v) is 3.53. The molecule has 0 radical (unpaired) electrons. The second kappa shape index (κ2) is 7.16. The van der Waals surface area contributed by atoms with Crippen LogP contribution in [0.2, 0.25) is 15.1 Å². The van der Waals surface area contributed by atoms with Crippen LogP contribution >= 0.6 is 58.7 Å². The predicted octanol–water partition coefficient (Wildman–Crippen LogP) is 4.78. The van der Waals surface area contributed by atoms with E-state index in [0.29, 0.717) is 31.8 Å². The van der Waals surface area contributed by atoms with Crippen molar-refractivity contribution < 1.29 is 4.79 Å². The zero-order chi connectivity index (χ0) is 17.3. The molecular formula is C14H7Cl3N4OS2. The van der Waals surface area contributed by atoms with Crippen LogP contribution in [0, 0.1) is 0 Å².